The van der Waals surface area contributed by atoms with Crippen molar-refractivity contribution < 1.29 is 35.8 Å². The lowest BCUT2D eigenvalue weighted by Crippen LogP contribution is -2.19. The maximum atomic E-state index is 12.0. The highest BCUT2D eigenvalue weighted by atomic mass is 19.4. The number of nitriles is 1. The molecule has 0 saturated heterocycles. The molecular formula is C10H5F6NO2. The molecule has 0 spiro atoms. The number of ether oxygens (including phenoxy) is 2. The molecule has 0 saturated carbocycles. The molecule has 0 fully saturated rings. The van der Waals surface area contributed by atoms with E-state index in [1.807, 2.05) is 0 Å². The number of halogens is 6. The Morgan fingerprint density at radius 1 is 0.895 bits per heavy atom. The third-order valence-electron chi connectivity index (χ3n) is 1.69. The molecule has 0 heterocycles. The predicted molar refractivity (Wildman–Crippen MR) is 49.1 cm³/mol. The molecule has 0 amide bonds. The minimum atomic E-state index is -5.05. The molecule has 0 atom stereocenters. The van der Waals surface area contributed by atoms with Gasteiger partial charge >= 0.3 is 12.7 Å². The summed E-state index contributed by atoms with van der Waals surface area (Å²) in [4.78, 5) is 0. The standard InChI is InChI=1S/C10H5F6NO2/c11-9(12,13)18-7-3-6(1-2-17)4-8(5-7)19-10(14,15)16/h3-5H,1H2. The second-order valence-corrected chi connectivity index (χ2v) is 3.24. The van der Waals surface area contributed by atoms with Crippen LogP contribution in [0.1, 0.15) is 5.56 Å². The van der Waals surface area contributed by atoms with Crippen LogP contribution in [0.4, 0.5) is 26.3 Å². The lowest BCUT2D eigenvalue weighted by molar-refractivity contribution is -0.276. The fourth-order valence-corrected chi connectivity index (χ4v) is 1.21. The third-order valence-corrected chi connectivity index (χ3v) is 1.69. The van der Waals surface area contributed by atoms with Crippen LogP contribution in [0, 0.1) is 11.3 Å². The number of benzene rings is 1. The second kappa shape index (κ2) is 5.26. The molecule has 1 aromatic rings. The highest BCUT2D eigenvalue weighted by molar-refractivity contribution is 5.39. The summed E-state index contributed by atoms with van der Waals surface area (Å²) in [5.74, 6) is -1.78. The zero-order chi connectivity index (χ0) is 14.7. The van der Waals surface area contributed by atoms with E-state index >= 15 is 0 Å². The van der Waals surface area contributed by atoms with Gasteiger partial charge in [0.05, 0.1) is 12.5 Å². The molecule has 0 aliphatic heterocycles. The van der Waals surface area contributed by atoms with Gasteiger partial charge in [-0.3, -0.25) is 0 Å². The molecule has 0 N–H and O–H groups in total. The van der Waals surface area contributed by atoms with Crippen LogP contribution < -0.4 is 9.47 Å². The molecule has 0 aromatic heterocycles. The highest BCUT2D eigenvalue weighted by Crippen LogP contribution is 2.31. The first-order valence-corrected chi connectivity index (χ1v) is 4.61. The lowest BCUT2D eigenvalue weighted by Gasteiger charge is -2.13. The maximum Gasteiger partial charge on any atom is 0.573 e. The quantitative estimate of drug-likeness (QED) is 0.797. The molecule has 104 valence electrons. The summed E-state index contributed by atoms with van der Waals surface area (Å²) in [5, 5.41) is 8.39. The van der Waals surface area contributed by atoms with E-state index in [1.54, 1.807) is 6.07 Å². The van der Waals surface area contributed by atoms with E-state index < -0.39 is 24.2 Å². The fraction of sp³-hybridized carbons (Fsp3) is 0.300. The Morgan fingerprint density at radius 2 is 1.32 bits per heavy atom. The van der Waals surface area contributed by atoms with Gasteiger partial charge in [0.25, 0.3) is 0 Å². The first kappa shape index (κ1) is 14.9. The summed E-state index contributed by atoms with van der Waals surface area (Å²) in [6.45, 7) is 0. The topological polar surface area (TPSA) is 42.2 Å². The van der Waals surface area contributed by atoms with E-state index in [-0.39, 0.29) is 12.0 Å². The van der Waals surface area contributed by atoms with Crippen LogP contribution in [0.25, 0.3) is 0 Å². The van der Waals surface area contributed by atoms with Gasteiger partial charge in [0.1, 0.15) is 11.5 Å². The van der Waals surface area contributed by atoms with Crippen molar-refractivity contribution in [3.05, 3.63) is 23.8 Å². The van der Waals surface area contributed by atoms with E-state index in [1.165, 1.54) is 0 Å². The summed E-state index contributed by atoms with van der Waals surface area (Å²) >= 11 is 0. The van der Waals surface area contributed by atoms with Crippen LogP contribution >= 0.6 is 0 Å². The monoisotopic (exact) mass is 285 g/mol. The molecule has 3 nitrogen and oxygen atoms in total. The van der Waals surface area contributed by atoms with Crippen LogP contribution in [-0.4, -0.2) is 12.7 Å². The van der Waals surface area contributed by atoms with Gasteiger partial charge in [0.2, 0.25) is 0 Å². The van der Waals surface area contributed by atoms with Crippen molar-refractivity contribution in [3.8, 4) is 17.6 Å². The summed E-state index contributed by atoms with van der Waals surface area (Å²) in [7, 11) is 0. The Bertz CT molecular complexity index is 454. The van der Waals surface area contributed by atoms with Crippen LogP contribution in [-0.2, 0) is 6.42 Å². The Balaban J connectivity index is 3.07. The summed E-state index contributed by atoms with van der Waals surface area (Å²) in [6, 6.07) is 3.63. The van der Waals surface area contributed by atoms with Gasteiger partial charge in [-0.15, -0.1) is 26.3 Å². The Labute approximate surface area is 103 Å². The van der Waals surface area contributed by atoms with Crippen LogP contribution in [0.15, 0.2) is 18.2 Å². The smallest absolute Gasteiger partial charge is 0.406 e. The summed E-state index contributed by atoms with van der Waals surface area (Å²) in [6.07, 6.45) is -10.5. The summed E-state index contributed by atoms with van der Waals surface area (Å²) < 4.78 is 78.8. The number of hydrogen-bond donors (Lipinski definition) is 0. The first-order valence-electron chi connectivity index (χ1n) is 4.61. The van der Waals surface area contributed by atoms with Crippen LogP contribution in [0.2, 0.25) is 0 Å². The van der Waals surface area contributed by atoms with Gasteiger partial charge in [0.15, 0.2) is 0 Å². The van der Waals surface area contributed by atoms with E-state index in [9.17, 15) is 26.3 Å². The van der Waals surface area contributed by atoms with E-state index in [4.69, 9.17) is 5.26 Å². The molecule has 1 rings (SSSR count). The van der Waals surface area contributed by atoms with Crippen LogP contribution in [0.5, 0.6) is 11.5 Å². The maximum absolute atomic E-state index is 12.0. The molecular weight excluding hydrogens is 280 g/mol. The number of nitrogens with zero attached hydrogens (tertiary/aromatic N) is 1. The average molecular weight is 285 g/mol. The largest absolute Gasteiger partial charge is 0.573 e. The minimum Gasteiger partial charge on any atom is -0.406 e. The Kier molecular flexibility index (Phi) is 4.14. The SMILES string of the molecule is N#CCc1cc(OC(F)(F)F)cc(OC(F)(F)F)c1. The van der Waals surface area contributed by atoms with Gasteiger partial charge in [-0.05, 0) is 17.7 Å². The van der Waals surface area contributed by atoms with Crippen molar-refractivity contribution in [2.75, 3.05) is 0 Å². The predicted octanol–water partition coefficient (Wildman–Crippen LogP) is 3.55. The molecule has 0 aliphatic carbocycles. The lowest BCUT2D eigenvalue weighted by atomic mass is 10.1. The normalized spacial score (nSPS) is 11.8. The fourth-order valence-electron chi connectivity index (χ4n) is 1.21. The van der Waals surface area contributed by atoms with Gasteiger partial charge in [-0.2, -0.15) is 5.26 Å². The van der Waals surface area contributed by atoms with Crippen molar-refractivity contribution in [2.45, 2.75) is 19.1 Å². The van der Waals surface area contributed by atoms with Crippen LogP contribution in [0.3, 0.4) is 0 Å². The number of rotatable bonds is 3. The number of hydrogen-bond acceptors (Lipinski definition) is 3. The van der Waals surface area contributed by atoms with E-state index in [0.717, 1.165) is 12.1 Å². The molecule has 9 heteroatoms. The zero-order valence-corrected chi connectivity index (χ0v) is 8.97. The highest BCUT2D eigenvalue weighted by Gasteiger charge is 2.33. The average Bonchev–Trinajstić information content (AvgIpc) is 2.11. The molecule has 1 aromatic carbocycles. The first-order chi connectivity index (χ1) is 8.59. The Hall–Kier alpha value is -2.11. The Morgan fingerprint density at radius 3 is 1.63 bits per heavy atom. The van der Waals surface area contributed by atoms with Crippen molar-refractivity contribution in [2.24, 2.45) is 0 Å². The van der Waals surface area contributed by atoms with Crippen molar-refractivity contribution in [1.82, 2.24) is 0 Å². The molecule has 0 radical (unpaired) electrons. The zero-order valence-electron chi connectivity index (χ0n) is 8.97. The van der Waals surface area contributed by atoms with Crippen molar-refractivity contribution in [3.63, 3.8) is 0 Å². The summed E-state index contributed by atoms with van der Waals surface area (Å²) in [5.41, 5.74) is -0.0940. The molecule has 0 aliphatic rings. The van der Waals surface area contributed by atoms with Crippen molar-refractivity contribution in [1.29, 1.82) is 5.26 Å². The van der Waals surface area contributed by atoms with Gasteiger partial charge in [0, 0.05) is 6.07 Å². The van der Waals surface area contributed by atoms with Gasteiger partial charge in [-0.25, -0.2) is 0 Å². The van der Waals surface area contributed by atoms with Crippen molar-refractivity contribution >= 4 is 0 Å². The number of alkyl halides is 6. The molecule has 19 heavy (non-hydrogen) atoms. The minimum absolute atomic E-state index is 0.0940. The molecule has 0 bridgehead atoms. The third kappa shape index (κ3) is 5.85. The van der Waals surface area contributed by atoms with E-state index in [2.05, 4.69) is 9.47 Å². The van der Waals surface area contributed by atoms with E-state index in [0.29, 0.717) is 6.07 Å². The molecule has 0 unspecified atom stereocenters. The van der Waals surface area contributed by atoms with Gasteiger partial charge in [-0.1, -0.05) is 0 Å². The van der Waals surface area contributed by atoms with Gasteiger partial charge < -0.3 is 9.47 Å². The second-order valence-electron chi connectivity index (χ2n) is 3.24.